The van der Waals surface area contributed by atoms with Gasteiger partial charge in [-0.2, -0.15) is 0 Å². The fourth-order valence-electron chi connectivity index (χ4n) is 2.84. The number of rotatable bonds is 11. The van der Waals surface area contributed by atoms with E-state index >= 15 is 0 Å². The largest absolute Gasteiger partial charge is 0.376 e. The fraction of sp³-hybridized carbons (Fsp3) is 0.391. The summed E-state index contributed by atoms with van der Waals surface area (Å²) in [5.41, 5.74) is 4.07. The van der Waals surface area contributed by atoms with E-state index in [-0.39, 0.29) is 0 Å². The highest BCUT2D eigenvalue weighted by atomic mass is 16.5. The molecule has 2 aromatic carbocycles. The van der Waals surface area contributed by atoms with Crippen molar-refractivity contribution >= 4 is 5.57 Å². The SMILES string of the molecule is CCCCCC/C(=C\CCOCc1ccccc1)c1ccccc1. The van der Waals surface area contributed by atoms with Crippen LogP contribution in [0.25, 0.3) is 5.57 Å². The highest BCUT2D eigenvalue weighted by Crippen LogP contribution is 2.22. The predicted molar refractivity (Wildman–Crippen MR) is 104 cm³/mol. The third-order valence-corrected chi connectivity index (χ3v) is 4.21. The summed E-state index contributed by atoms with van der Waals surface area (Å²) in [6.07, 6.45) is 9.74. The Balaban J connectivity index is 1.80. The second-order valence-corrected chi connectivity index (χ2v) is 6.23. The van der Waals surface area contributed by atoms with E-state index in [0.717, 1.165) is 13.0 Å². The number of hydrogen-bond acceptors (Lipinski definition) is 1. The maximum absolute atomic E-state index is 5.80. The van der Waals surface area contributed by atoms with Crippen molar-refractivity contribution in [2.24, 2.45) is 0 Å². The fourth-order valence-corrected chi connectivity index (χ4v) is 2.84. The van der Waals surface area contributed by atoms with Crippen molar-refractivity contribution in [1.82, 2.24) is 0 Å². The van der Waals surface area contributed by atoms with Gasteiger partial charge in [0.05, 0.1) is 13.2 Å². The minimum Gasteiger partial charge on any atom is -0.376 e. The average Bonchev–Trinajstić information content (AvgIpc) is 2.65. The van der Waals surface area contributed by atoms with E-state index in [1.54, 1.807) is 0 Å². The number of unbranched alkanes of at least 4 members (excludes halogenated alkanes) is 3. The monoisotopic (exact) mass is 322 g/mol. The first-order valence-electron chi connectivity index (χ1n) is 9.26. The molecule has 128 valence electrons. The van der Waals surface area contributed by atoms with Gasteiger partial charge in [-0.3, -0.25) is 0 Å². The van der Waals surface area contributed by atoms with Crippen molar-refractivity contribution in [2.45, 2.75) is 52.1 Å². The summed E-state index contributed by atoms with van der Waals surface area (Å²) in [4.78, 5) is 0. The van der Waals surface area contributed by atoms with Gasteiger partial charge in [0.1, 0.15) is 0 Å². The molecule has 0 N–H and O–H groups in total. The first-order chi connectivity index (χ1) is 11.9. The van der Waals surface area contributed by atoms with Crippen molar-refractivity contribution in [3.8, 4) is 0 Å². The standard InChI is InChI=1S/C23H30O/c1-2-3-4-9-15-23(22-16-10-6-11-17-22)18-12-19-24-20-21-13-7-5-8-14-21/h5-8,10-11,13-14,16-18H,2-4,9,12,15,19-20H2,1H3/b23-18+. The van der Waals surface area contributed by atoms with Crippen LogP contribution in [-0.2, 0) is 11.3 Å². The second kappa shape index (κ2) is 11.6. The zero-order valence-corrected chi connectivity index (χ0v) is 14.9. The highest BCUT2D eigenvalue weighted by Gasteiger charge is 2.01. The van der Waals surface area contributed by atoms with Gasteiger partial charge >= 0.3 is 0 Å². The molecule has 0 bridgehead atoms. The third kappa shape index (κ3) is 7.14. The van der Waals surface area contributed by atoms with Gasteiger partial charge in [-0.15, -0.1) is 0 Å². The van der Waals surface area contributed by atoms with Crippen LogP contribution in [0.5, 0.6) is 0 Å². The third-order valence-electron chi connectivity index (χ3n) is 4.21. The number of hydrogen-bond donors (Lipinski definition) is 0. The second-order valence-electron chi connectivity index (χ2n) is 6.23. The van der Waals surface area contributed by atoms with E-state index in [1.165, 1.54) is 48.8 Å². The van der Waals surface area contributed by atoms with E-state index in [0.29, 0.717) is 6.61 Å². The van der Waals surface area contributed by atoms with Gasteiger partial charge in [0.15, 0.2) is 0 Å². The van der Waals surface area contributed by atoms with Crippen LogP contribution in [0.3, 0.4) is 0 Å². The zero-order chi connectivity index (χ0) is 16.9. The maximum atomic E-state index is 5.80. The molecule has 2 rings (SSSR count). The smallest absolute Gasteiger partial charge is 0.0717 e. The van der Waals surface area contributed by atoms with Gasteiger partial charge in [-0.25, -0.2) is 0 Å². The molecule has 0 heterocycles. The van der Waals surface area contributed by atoms with Gasteiger partial charge < -0.3 is 4.74 Å². The summed E-state index contributed by atoms with van der Waals surface area (Å²) >= 11 is 0. The number of allylic oxidation sites excluding steroid dienone is 1. The van der Waals surface area contributed by atoms with Gasteiger partial charge in [-0.05, 0) is 36.0 Å². The summed E-state index contributed by atoms with van der Waals surface area (Å²) in [6.45, 7) is 3.74. The van der Waals surface area contributed by atoms with Crippen LogP contribution >= 0.6 is 0 Å². The van der Waals surface area contributed by atoms with Crippen molar-refractivity contribution in [3.05, 3.63) is 77.9 Å². The van der Waals surface area contributed by atoms with Crippen LogP contribution in [-0.4, -0.2) is 6.61 Å². The van der Waals surface area contributed by atoms with E-state index < -0.39 is 0 Å². The van der Waals surface area contributed by atoms with Crippen LogP contribution < -0.4 is 0 Å². The lowest BCUT2D eigenvalue weighted by Gasteiger charge is -2.09. The number of benzene rings is 2. The molecule has 1 nitrogen and oxygen atoms in total. The molecule has 0 aliphatic rings. The first-order valence-corrected chi connectivity index (χ1v) is 9.26. The van der Waals surface area contributed by atoms with E-state index in [9.17, 15) is 0 Å². The summed E-state index contributed by atoms with van der Waals surface area (Å²) in [7, 11) is 0. The van der Waals surface area contributed by atoms with Crippen LogP contribution in [0, 0.1) is 0 Å². The summed E-state index contributed by atoms with van der Waals surface area (Å²) < 4.78 is 5.80. The molecule has 0 aliphatic heterocycles. The highest BCUT2D eigenvalue weighted by molar-refractivity contribution is 5.65. The van der Waals surface area contributed by atoms with Crippen molar-refractivity contribution in [1.29, 1.82) is 0 Å². The molecule has 24 heavy (non-hydrogen) atoms. The molecule has 0 saturated heterocycles. The first kappa shape index (κ1) is 18.5. The summed E-state index contributed by atoms with van der Waals surface area (Å²) in [5, 5.41) is 0. The van der Waals surface area contributed by atoms with Crippen molar-refractivity contribution in [3.63, 3.8) is 0 Å². The van der Waals surface area contributed by atoms with Gasteiger partial charge in [0, 0.05) is 0 Å². The maximum Gasteiger partial charge on any atom is 0.0717 e. The Morgan fingerprint density at radius 1 is 0.875 bits per heavy atom. The van der Waals surface area contributed by atoms with Crippen molar-refractivity contribution in [2.75, 3.05) is 6.61 Å². The molecule has 0 fully saturated rings. The average molecular weight is 322 g/mol. The van der Waals surface area contributed by atoms with Crippen LogP contribution in [0.15, 0.2) is 66.7 Å². The van der Waals surface area contributed by atoms with Gasteiger partial charge in [0.25, 0.3) is 0 Å². The van der Waals surface area contributed by atoms with E-state index in [1.807, 2.05) is 6.07 Å². The quantitative estimate of drug-likeness (QED) is 0.421. The molecule has 0 spiro atoms. The van der Waals surface area contributed by atoms with E-state index in [4.69, 9.17) is 4.74 Å². The molecular weight excluding hydrogens is 292 g/mol. The Bertz CT molecular complexity index is 571. The van der Waals surface area contributed by atoms with Crippen LogP contribution in [0.2, 0.25) is 0 Å². The Morgan fingerprint density at radius 3 is 2.29 bits per heavy atom. The molecule has 0 saturated carbocycles. The lowest BCUT2D eigenvalue weighted by Crippen LogP contribution is -1.95. The number of ether oxygens (including phenoxy) is 1. The van der Waals surface area contributed by atoms with Crippen LogP contribution in [0.1, 0.15) is 56.6 Å². The Morgan fingerprint density at radius 2 is 1.58 bits per heavy atom. The normalized spacial score (nSPS) is 11.6. The van der Waals surface area contributed by atoms with E-state index in [2.05, 4.69) is 67.6 Å². The molecule has 0 radical (unpaired) electrons. The molecule has 0 unspecified atom stereocenters. The minimum absolute atomic E-state index is 0.700. The summed E-state index contributed by atoms with van der Waals surface area (Å²) in [6, 6.07) is 21.1. The minimum atomic E-state index is 0.700. The zero-order valence-electron chi connectivity index (χ0n) is 14.9. The topological polar surface area (TPSA) is 9.23 Å². The summed E-state index contributed by atoms with van der Waals surface area (Å²) in [5.74, 6) is 0. The molecule has 0 aromatic heterocycles. The lowest BCUT2D eigenvalue weighted by molar-refractivity contribution is 0.125. The molecule has 0 amide bonds. The molecule has 0 aliphatic carbocycles. The Hall–Kier alpha value is -1.86. The van der Waals surface area contributed by atoms with Gasteiger partial charge in [-0.1, -0.05) is 92.9 Å². The van der Waals surface area contributed by atoms with Crippen LogP contribution in [0.4, 0.5) is 0 Å². The molecule has 2 aromatic rings. The molecule has 1 heteroatoms. The Kier molecular flexibility index (Phi) is 8.96. The lowest BCUT2D eigenvalue weighted by atomic mass is 9.98. The molecular formula is C23H30O. The predicted octanol–water partition coefficient (Wildman–Crippen LogP) is 6.65. The van der Waals surface area contributed by atoms with Gasteiger partial charge in [0.2, 0.25) is 0 Å². The molecule has 0 atom stereocenters. The Labute approximate surface area is 147 Å². The van der Waals surface area contributed by atoms with Crippen molar-refractivity contribution < 1.29 is 4.74 Å².